The largest absolute Gasteiger partial charge is 0.494 e. The Bertz CT molecular complexity index is 2020. The lowest BCUT2D eigenvalue weighted by atomic mass is 9.69. The van der Waals surface area contributed by atoms with Crippen LogP contribution in [0.25, 0.3) is 22.3 Å². The van der Waals surface area contributed by atoms with Crippen LogP contribution in [0.15, 0.2) is 72.8 Å². The highest BCUT2D eigenvalue weighted by Gasteiger charge is 2.56. The van der Waals surface area contributed by atoms with Crippen LogP contribution in [0, 0.1) is 0 Å². The van der Waals surface area contributed by atoms with Crippen molar-refractivity contribution in [3.05, 3.63) is 95.1 Å². The fourth-order valence-electron chi connectivity index (χ4n) is 9.82. The van der Waals surface area contributed by atoms with E-state index < -0.39 is 42.1 Å². The van der Waals surface area contributed by atoms with E-state index in [1.165, 1.54) is 109 Å². The summed E-state index contributed by atoms with van der Waals surface area (Å²) >= 11 is 0. The standard InChI is InChI=1S/C53H70B2O6/c1-11-13-15-17-19-21-31-56-39-25-29-47-43(35-39)44-36-40(57-32-22-20-18-16-14-12-2)26-30-48(44)53(47)45-27-23-37(54-58-49(3,4)50(5,6)59-54)33-41(45)42-34-38(24-28-46(42)53)55-60-51(7,8)52(9,10)61-55/h23-30,33-36H,11-22,31-32H2,1-10H3. The monoisotopic (exact) mass is 825 g/mol. The lowest BCUT2D eigenvalue weighted by Crippen LogP contribution is -2.41. The third kappa shape index (κ3) is 8.02. The molecule has 2 aliphatic carbocycles. The van der Waals surface area contributed by atoms with Crippen LogP contribution < -0.4 is 20.4 Å². The summed E-state index contributed by atoms with van der Waals surface area (Å²) in [6, 6.07) is 27.3. The molecule has 0 atom stereocenters. The molecule has 0 aromatic heterocycles. The van der Waals surface area contributed by atoms with E-state index in [0.29, 0.717) is 0 Å². The van der Waals surface area contributed by atoms with Gasteiger partial charge in [-0.3, -0.25) is 0 Å². The van der Waals surface area contributed by atoms with Gasteiger partial charge in [-0.1, -0.05) is 127 Å². The van der Waals surface area contributed by atoms with Crippen LogP contribution in [-0.4, -0.2) is 49.9 Å². The van der Waals surface area contributed by atoms with E-state index in [4.69, 9.17) is 28.1 Å². The molecule has 0 amide bonds. The topological polar surface area (TPSA) is 55.4 Å². The second-order valence-electron chi connectivity index (χ2n) is 20.2. The van der Waals surface area contributed by atoms with E-state index in [2.05, 4.69) is 142 Å². The highest BCUT2D eigenvalue weighted by Crippen LogP contribution is 2.63. The third-order valence-corrected chi connectivity index (χ3v) is 14.8. The van der Waals surface area contributed by atoms with Gasteiger partial charge in [0.25, 0.3) is 0 Å². The van der Waals surface area contributed by atoms with Gasteiger partial charge in [0, 0.05) is 0 Å². The van der Waals surface area contributed by atoms with Gasteiger partial charge in [0.2, 0.25) is 0 Å². The van der Waals surface area contributed by atoms with Gasteiger partial charge < -0.3 is 28.1 Å². The van der Waals surface area contributed by atoms with Gasteiger partial charge in [0.1, 0.15) is 11.5 Å². The molecule has 8 rings (SSSR count). The maximum Gasteiger partial charge on any atom is 0.494 e. The molecule has 324 valence electrons. The van der Waals surface area contributed by atoms with Crippen molar-refractivity contribution in [2.24, 2.45) is 0 Å². The van der Waals surface area contributed by atoms with Crippen LogP contribution in [-0.2, 0) is 24.0 Å². The summed E-state index contributed by atoms with van der Waals surface area (Å²) in [5.41, 5.74) is 9.40. The van der Waals surface area contributed by atoms with Crippen molar-refractivity contribution in [3.8, 4) is 33.8 Å². The minimum Gasteiger partial charge on any atom is -0.494 e. The Balaban J connectivity index is 1.22. The van der Waals surface area contributed by atoms with Gasteiger partial charge in [-0.2, -0.15) is 0 Å². The zero-order valence-electron chi connectivity index (χ0n) is 38.9. The first-order valence-corrected chi connectivity index (χ1v) is 23.7. The minimum absolute atomic E-state index is 0.452. The molecule has 61 heavy (non-hydrogen) atoms. The summed E-state index contributed by atoms with van der Waals surface area (Å²) < 4.78 is 39.6. The Kier molecular flexibility index (Phi) is 12.4. The van der Waals surface area contributed by atoms with Gasteiger partial charge in [-0.25, -0.2) is 0 Å². The molecule has 0 unspecified atom stereocenters. The van der Waals surface area contributed by atoms with Crippen LogP contribution in [0.1, 0.15) is 169 Å². The average Bonchev–Trinajstić information content (AvgIpc) is 3.83. The highest BCUT2D eigenvalue weighted by molar-refractivity contribution is 6.63. The summed E-state index contributed by atoms with van der Waals surface area (Å²) in [4.78, 5) is 0. The molecule has 2 saturated heterocycles. The van der Waals surface area contributed by atoms with Crippen molar-refractivity contribution in [2.75, 3.05) is 13.2 Å². The zero-order valence-corrected chi connectivity index (χ0v) is 38.9. The van der Waals surface area contributed by atoms with Crippen molar-refractivity contribution in [1.82, 2.24) is 0 Å². The molecule has 8 heteroatoms. The third-order valence-electron chi connectivity index (χ3n) is 14.8. The van der Waals surface area contributed by atoms with Crippen molar-refractivity contribution in [1.29, 1.82) is 0 Å². The van der Waals surface area contributed by atoms with Gasteiger partial charge in [-0.05, 0) is 148 Å². The molecule has 2 aliphatic heterocycles. The smallest absolute Gasteiger partial charge is 0.494 e. The Morgan fingerprint density at radius 1 is 0.393 bits per heavy atom. The first-order chi connectivity index (χ1) is 29.1. The van der Waals surface area contributed by atoms with Crippen LogP contribution >= 0.6 is 0 Å². The van der Waals surface area contributed by atoms with E-state index >= 15 is 0 Å². The van der Waals surface area contributed by atoms with Crippen molar-refractivity contribution in [3.63, 3.8) is 0 Å². The molecule has 4 aromatic carbocycles. The number of rotatable bonds is 18. The molecule has 0 N–H and O–H groups in total. The van der Waals surface area contributed by atoms with Crippen LogP contribution in [0.3, 0.4) is 0 Å². The quantitative estimate of drug-likeness (QED) is 0.0636. The van der Waals surface area contributed by atoms with Crippen LogP contribution in [0.4, 0.5) is 0 Å². The summed E-state index contributed by atoms with van der Waals surface area (Å²) in [5.74, 6) is 1.83. The lowest BCUT2D eigenvalue weighted by molar-refractivity contribution is 0.00578. The number of unbranched alkanes of at least 4 members (excludes halogenated alkanes) is 10. The average molecular weight is 825 g/mol. The highest BCUT2D eigenvalue weighted by atomic mass is 16.7. The fraction of sp³-hybridized carbons (Fsp3) is 0.547. The molecule has 0 bridgehead atoms. The molecule has 0 radical (unpaired) electrons. The van der Waals surface area contributed by atoms with E-state index in [1.807, 2.05) is 0 Å². The predicted molar refractivity (Wildman–Crippen MR) is 252 cm³/mol. The Morgan fingerprint density at radius 3 is 1.07 bits per heavy atom. The molecule has 2 heterocycles. The summed E-state index contributed by atoms with van der Waals surface area (Å²) in [6.07, 6.45) is 14.8. The van der Waals surface area contributed by atoms with Crippen LogP contribution in [0.5, 0.6) is 11.5 Å². The molecule has 4 aromatic rings. The SMILES string of the molecule is CCCCCCCCOc1ccc2c(c1)-c1cc(OCCCCCCCC)ccc1C21c2ccc(B3OC(C)(C)C(C)(C)O3)cc2-c2cc(B3OC(C)(C)C(C)(C)O3)ccc21. The molecule has 6 nitrogen and oxygen atoms in total. The Labute approximate surface area is 368 Å². The van der Waals surface area contributed by atoms with Crippen molar-refractivity contribution < 1.29 is 28.1 Å². The molecule has 2 fully saturated rings. The van der Waals surface area contributed by atoms with Crippen molar-refractivity contribution >= 4 is 25.2 Å². The lowest BCUT2D eigenvalue weighted by Gasteiger charge is -2.32. The maximum atomic E-state index is 6.64. The zero-order chi connectivity index (χ0) is 43.2. The minimum atomic E-state index is -0.562. The number of hydrogen-bond acceptors (Lipinski definition) is 6. The van der Waals surface area contributed by atoms with E-state index in [0.717, 1.165) is 48.5 Å². The van der Waals surface area contributed by atoms with Crippen LogP contribution in [0.2, 0.25) is 0 Å². The predicted octanol–water partition coefficient (Wildman–Crippen LogP) is 12.1. The van der Waals surface area contributed by atoms with E-state index in [1.54, 1.807) is 0 Å². The fourth-order valence-corrected chi connectivity index (χ4v) is 9.82. The Morgan fingerprint density at radius 2 is 0.705 bits per heavy atom. The van der Waals surface area contributed by atoms with Gasteiger partial charge in [0.15, 0.2) is 0 Å². The molecule has 1 spiro atoms. The van der Waals surface area contributed by atoms with Gasteiger partial charge in [0.05, 0.1) is 41.0 Å². The first kappa shape index (κ1) is 44.1. The molecular weight excluding hydrogens is 754 g/mol. The molecule has 4 aliphatic rings. The molecular formula is C53H70B2O6. The number of hydrogen-bond donors (Lipinski definition) is 0. The molecule has 0 saturated carbocycles. The second-order valence-corrected chi connectivity index (χ2v) is 20.2. The summed E-state index contributed by atoms with van der Waals surface area (Å²) in [7, 11) is -0.968. The number of fused-ring (bicyclic) bond motifs is 10. The summed E-state index contributed by atoms with van der Waals surface area (Å²) in [5, 5.41) is 0. The van der Waals surface area contributed by atoms with Crippen molar-refractivity contribution in [2.45, 2.75) is 174 Å². The second kappa shape index (κ2) is 17.2. The Hall–Kier alpha value is -3.55. The number of ether oxygens (including phenoxy) is 2. The normalized spacial score (nSPS) is 19.2. The van der Waals surface area contributed by atoms with E-state index in [-0.39, 0.29) is 0 Å². The summed E-state index contributed by atoms with van der Waals surface area (Å²) in [6.45, 7) is 22.9. The maximum absolute atomic E-state index is 6.64. The first-order valence-electron chi connectivity index (χ1n) is 23.7. The number of benzene rings is 4. The van der Waals surface area contributed by atoms with Gasteiger partial charge >= 0.3 is 14.2 Å². The van der Waals surface area contributed by atoms with E-state index in [9.17, 15) is 0 Å². The van der Waals surface area contributed by atoms with Gasteiger partial charge in [-0.15, -0.1) is 0 Å².